The summed E-state index contributed by atoms with van der Waals surface area (Å²) in [6, 6.07) is 10.9. The molecular weight excluding hydrogens is 480 g/mol. The SMILES string of the molecule is C=CC(=O)N1CCC(N=C(N)c2c(N)ncnc2Nc2ccc(OCc3ccccn3)c(Cl)c2)CC1. The number of ether oxygens (including phenoxy) is 1. The zero-order valence-electron chi connectivity index (χ0n) is 19.6. The van der Waals surface area contributed by atoms with Gasteiger partial charge in [0.25, 0.3) is 0 Å². The Balaban J connectivity index is 1.47. The summed E-state index contributed by atoms with van der Waals surface area (Å²) >= 11 is 6.44. The van der Waals surface area contributed by atoms with E-state index in [1.807, 2.05) is 18.2 Å². The first-order chi connectivity index (χ1) is 17.4. The van der Waals surface area contributed by atoms with Crippen molar-refractivity contribution in [2.24, 2.45) is 10.7 Å². The molecule has 0 aliphatic carbocycles. The number of carbonyl (C=O) groups is 1. The van der Waals surface area contributed by atoms with Gasteiger partial charge in [0.1, 0.15) is 41.7 Å². The van der Waals surface area contributed by atoms with Gasteiger partial charge in [-0.05, 0) is 49.2 Å². The minimum Gasteiger partial charge on any atom is -0.486 e. The van der Waals surface area contributed by atoms with E-state index in [0.29, 0.717) is 60.4 Å². The summed E-state index contributed by atoms with van der Waals surface area (Å²) in [5.74, 6) is 1.28. The van der Waals surface area contributed by atoms with Gasteiger partial charge in [0.15, 0.2) is 0 Å². The highest BCUT2D eigenvalue weighted by Crippen LogP contribution is 2.30. The highest BCUT2D eigenvalue weighted by atomic mass is 35.5. The van der Waals surface area contributed by atoms with Gasteiger partial charge in [-0.1, -0.05) is 24.2 Å². The van der Waals surface area contributed by atoms with Crippen LogP contribution >= 0.6 is 11.6 Å². The number of hydrogen-bond donors (Lipinski definition) is 3. The summed E-state index contributed by atoms with van der Waals surface area (Å²) in [6.07, 6.45) is 5.75. The lowest BCUT2D eigenvalue weighted by atomic mass is 10.1. The molecule has 2 aromatic heterocycles. The molecule has 1 aromatic carbocycles. The molecule has 0 atom stereocenters. The fourth-order valence-electron chi connectivity index (χ4n) is 3.82. The summed E-state index contributed by atoms with van der Waals surface area (Å²) in [6.45, 7) is 5.01. The molecule has 36 heavy (non-hydrogen) atoms. The van der Waals surface area contributed by atoms with Gasteiger partial charge < -0.3 is 26.4 Å². The fourth-order valence-corrected chi connectivity index (χ4v) is 4.05. The number of nitrogen functional groups attached to an aromatic ring is 1. The van der Waals surface area contributed by atoms with Crippen LogP contribution in [-0.2, 0) is 11.4 Å². The molecule has 5 N–H and O–H groups in total. The van der Waals surface area contributed by atoms with Gasteiger partial charge in [0, 0.05) is 25.0 Å². The second-order valence-electron chi connectivity index (χ2n) is 8.14. The number of anilines is 3. The molecule has 11 heteroatoms. The smallest absolute Gasteiger partial charge is 0.245 e. The molecular formula is C25H27ClN8O2. The van der Waals surface area contributed by atoms with Crippen LogP contribution in [0, 0.1) is 0 Å². The third-order valence-electron chi connectivity index (χ3n) is 5.70. The lowest BCUT2D eigenvalue weighted by molar-refractivity contribution is -0.126. The molecule has 1 fully saturated rings. The predicted molar refractivity (Wildman–Crippen MR) is 140 cm³/mol. The summed E-state index contributed by atoms with van der Waals surface area (Å²) in [4.78, 5) is 30.8. The highest BCUT2D eigenvalue weighted by molar-refractivity contribution is 6.32. The number of amides is 1. The molecule has 0 unspecified atom stereocenters. The van der Waals surface area contributed by atoms with E-state index < -0.39 is 0 Å². The minimum atomic E-state index is -0.0793. The monoisotopic (exact) mass is 506 g/mol. The highest BCUT2D eigenvalue weighted by Gasteiger charge is 2.22. The normalized spacial score (nSPS) is 14.4. The molecule has 3 heterocycles. The van der Waals surface area contributed by atoms with Crippen molar-refractivity contribution in [1.82, 2.24) is 19.9 Å². The Morgan fingerprint density at radius 3 is 2.75 bits per heavy atom. The van der Waals surface area contributed by atoms with Crippen LogP contribution in [0.1, 0.15) is 24.1 Å². The summed E-state index contributed by atoms with van der Waals surface area (Å²) < 4.78 is 5.79. The number of nitrogens with two attached hydrogens (primary N) is 2. The van der Waals surface area contributed by atoms with Gasteiger partial charge in [0.2, 0.25) is 5.91 Å². The molecule has 1 saturated heterocycles. The van der Waals surface area contributed by atoms with Gasteiger partial charge in [-0.3, -0.25) is 14.8 Å². The first kappa shape index (κ1) is 24.9. The number of carbonyl (C=O) groups excluding carboxylic acids is 1. The lowest BCUT2D eigenvalue weighted by Gasteiger charge is -2.29. The Hall–Kier alpha value is -4.18. The van der Waals surface area contributed by atoms with Crippen LogP contribution in [0.25, 0.3) is 0 Å². The van der Waals surface area contributed by atoms with E-state index in [2.05, 4.69) is 31.8 Å². The topological polar surface area (TPSA) is 145 Å². The zero-order valence-corrected chi connectivity index (χ0v) is 20.4. The van der Waals surface area contributed by atoms with Crippen LogP contribution in [0.3, 0.4) is 0 Å². The van der Waals surface area contributed by atoms with Gasteiger partial charge in [-0.15, -0.1) is 0 Å². The Bertz CT molecular complexity index is 1260. The van der Waals surface area contributed by atoms with Crippen molar-refractivity contribution in [3.63, 3.8) is 0 Å². The van der Waals surface area contributed by atoms with E-state index in [-0.39, 0.29) is 23.6 Å². The molecule has 10 nitrogen and oxygen atoms in total. The number of aliphatic imine (C=N–C) groups is 1. The quantitative estimate of drug-likeness (QED) is 0.240. The van der Waals surface area contributed by atoms with Crippen molar-refractivity contribution >= 4 is 40.7 Å². The Morgan fingerprint density at radius 2 is 2.06 bits per heavy atom. The Morgan fingerprint density at radius 1 is 1.25 bits per heavy atom. The first-order valence-electron chi connectivity index (χ1n) is 11.4. The number of nitrogens with zero attached hydrogens (tertiary/aromatic N) is 5. The van der Waals surface area contributed by atoms with E-state index in [1.165, 1.54) is 12.4 Å². The summed E-state index contributed by atoms with van der Waals surface area (Å²) in [5.41, 5.74) is 14.4. The second-order valence-corrected chi connectivity index (χ2v) is 8.54. The first-order valence-corrected chi connectivity index (χ1v) is 11.8. The van der Waals surface area contributed by atoms with Crippen molar-refractivity contribution in [2.75, 3.05) is 24.1 Å². The number of pyridine rings is 1. The molecule has 0 saturated carbocycles. The Labute approximate surface area is 214 Å². The molecule has 1 aliphatic heterocycles. The van der Waals surface area contributed by atoms with Crippen LogP contribution in [0.15, 0.2) is 66.6 Å². The van der Waals surface area contributed by atoms with Crippen molar-refractivity contribution < 1.29 is 9.53 Å². The summed E-state index contributed by atoms with van der Waals surface area (Å²) in [7, 11) is 0. The number of amidine groups is 1. The molecule has 3 aromatic rings. The number of benzene rings is 1. The molecule has 1 aliphatic rings. The zero-order chi connectivity index (χ0) is 25.5. The second kappa shape index (κ2) is 11.5. The number of hydrogen-bond acceptors (Lipinski definition) is 8. The van der Waals surface area contributed by atoms with E-state index in [0.717, 1.165) is 5.69 Å². The van der Waals surface area contributed by atoms with Crippen molar-refractivity contribution in [3.8, 4) is 5.75 Å². The largest absolute Gasteiger partial charge is 0.486 e. The minimum absolute atomic E-state index is 0.0451. The molecule has 1 amide bonds. The van der Waals surface area contributed by atoms with E-state index in [1.54, 1.807) is 29.3 Å². The average molecular weight is 507 g/mol. The number of likely N-dealkylation sites (tertiary alicyclic amines) is 1. The number of halogens is 1. The van der Waals surface area contributed by atoms with Gasteiger partial charge in [-0.25, -0.2) is 9.97 Å². The van der Waals surface area contributed by atoms with Crippen LogP contribution in [0.2, 0.25) is 5.02 Å². The number of aromatic nitrogens is 3. The maximum absolute atomic E-state index is 11.8. The van der Waals surface area contributed by atoms with Crippen LogP contribution in [0.4, 0.5) is 17.3 Å². The van der Waals surface area contributed by atoms with E-state index in [9.17, 15) is 4.79 Å². The standard InChI is InChI=1S/C25H27ClN8O2/c1-2-21(35)34-11-8-16(9-12-34)32-24(28)22-23(27)30-15-31-25(22)33-17-6-7-20(19(26)13-17)36-14-18-5-3-4-10-29-18/h2-7,10,13,15-16H,1,8-9,11-12,14H2,(H2,28,32)(H3,27,30,31,33). The van der Waals surface area contributed by atoms with Crippen LogP contribution in [-0.4, -0.2) is 50.7 Å². The van der Waals surface area contributed by atoms with Gasteiger partial charge in [-0.2, -0.15) is 0 Å². The number of nitrogens with one attached hydrogen (secondary N) is 1. The lowest BCUT2D eigenvalue weighted by Crippen LogP contribution is -2.39. The third kappa shape index (κ3) is 6.08. The van der Waals surface area contributed by atoms with Crippen molar-refractivity contribution in [1.29, 1.82) is 0 Å². The maximum Gasteiger partial charge on any atom is 0.245 e. The number of piperidine rings is 1. The number of rotatable bonds is 8. The predicted octanol–water partition coefficient (Wildman–Crippen LogP) is 3.31. The van der Waals surface area contributed by atoms with Crippen LogP contribution in [0.5, 0.6) is 5.75 Å². The molecule has 0 spiro atoms. The van der Waals surface area contributed by atoms with Crippen LogP contribution < -0.4 is 21.5 Å². The van der Waals surface area contributed by atoms with E-state index >= 15 is 0 Å². The van der Waals surface area contributed by atoms with Gasteiger partial charge in [0.05, 0.1) is 16.8 Å². The maximum atomic E-state index is 11.8. The molecule has 0 bridgehead atoms. The Kier molecular flexibility index (Phi) is 7.96. The molecule has 0 radical (unpaired) electrons. The van der Waals surface area contributed by atoms with E-state index in [4.69, 9.17) is 27.8 Å². The molecule has 4 rings (SSSR count). The fraction of sp³-hybridized carbons (Fsp3) is 0.240. The average Bonchev–Trinajstić information content (AvgIpc) is 2.89. The van der Waals surface area contributed by atoms with Gasteiger partial charge >= 0.3 is 0 Å². The summed E-state index contributed by atoms with van der Waals surface area (Å²) in [5, 5.41) is 3.61. The molecule has 186 valence electrons. The third-order valence-corrected chi connectivity index (χ3v) is 6.00. The van der Waals surface area contributed by atoms with Crippen molar-refractivity contribution in [2.45, 2.75) is 25.5 Å². The van der Waals surface area contributed by atoms with Crippen molar-refractivity contribution in [3.05, 3.63) is 77.9 Å².